The summed E-state index contributed by atoms with van der Waals surface area (Å²) in [6.07, 6.45) is 8.51. The molecule has 5 rings (SSSR count). The van der Waals surface area contributed by atoms with Crippen LogP contribution in [0.1, 0.15) is 42.7 Å². The summed E-state index contributed by atoms with van der Waals surface area (Å²) in [5, 5.41) is 2.97. The van der Waals surface area contributed by atoms with Gasteiger partial charge in [-0.3, -0.25) is 5.32 Å². The van der Waals surface area contributed by atoms with E-state index in [1.165, 1.54) is 18.4 Å². The zero-order chi connectivity index (χ0) is 17.5. The highest BCUT2D eigenvalue weighted by Gasteiger charge is 2.34. The quantitative estimate of drug-likeness (QED) is 0.903. The van der Waals surface area contributed by atoms with E-state index in [1.54, 1.807) is 0 Å². The number of carbonyl (C=O) groups excluding carboxylic acids is 1. The minimum Gasteiger partial charge on any atom is -0.352 e. The van der Waals surface area contributed by atoms with Gasteiger partial charge in [0.2, 0.25) is 0 Å². The lowest BCUT2D eigenvalue weighted by atomic mass is 10.2. The molecule has 1 saturated heterocycles. The Balaban J connectivity index is 1.34. The lowest BCUT2D eigenvalue weighted by molar-refractivity contribution is 0.207. The van der Waals surface area contributed by atoms with Crippen LogP contribution in [-0.2, 0) is 6.54 Å². The summed E-state index contributed by atoms with van der Waals surface area (Å²) >= 11 is 0. The van der Waals surface area contributed by atoms with Crippen molar-refractivity contribution in [1.82, 2.24) is 14.9 Å². The largest absolute Gasteiger partial charge is 0.352 e. The highest BCUT2D eigenvalue weighted by molar-refractivity contribution is 5.88. The molecule has 134 valence electrons. The molecule has 1 aliphatic carbocycles. The van der Waals surface area contributed by atoms with Crippen LogP contribution in [0, 0.1) is 0 Å². The third kappa shape index (κ3) is 2.89. The summed E-state index contributed by atoms with van der Waals surface area (Å²) < 4.78 is 0. The number of fused-ring (bicyclic) bond motifs is 3. The van der Waals surface area contributed by atoms with Gasteiger partial charge >= 0.3 is 6.03 Å². The highest BCUT2D eigenvalue weighted by Crippen LogP contribution is 2.39. The molecule has 2 fully saturated rings. The number of nitrogens with one attached hydrogen (secondary N) is 1. The standard InChI is InChI=1S/C20H23N5O/c26-20(23-18-8-7-15(11-22-18)14-5-6-14)24-12-16-3-1-9-21-19(16)25-10-2-4-17(25)13-24/h1,3,7-9,11,14,17H,2,4-6,10,12-13H2,(H,22,23,26)/t17-/m1/s1. The molecule has 0 radical (unpaired) electrons. The van der Waals surface area contributed by atoms with E-state index in [0.29, 0.717) is 24.3 Å². The number of aromatic nitrogens is 2. The van der Waals surface area contributed by atoms with Crippen molar-refractivity contribution in [2.45, 2.75) is 44.2 Å². The van der Waals surface area contributed by atoms with Crippen LogP contribution in [0.4, 0.5) is 16.4 Å². The SMILES string of the molecule is O=C(Nc1ccc(C2CC2)cn1)N1Cc2cccnc2N2CCC[C@@H]2C1. The molecule has 4 heterocycles. The molecule has 0 aromatic carbocycles. The molecular formula is C20H23N5O. The van der Waals surface area contributed by atoms with Crippen LogP contribution in [0.5, 0.6) is 0 Å². The molecule has 2 aromatic heterocycles. The average Bonchev–Trinajstić information content (AvgIpc) is 3.44. The maximum absolute atomic E-state index is 12.9. The first-order valence-corrected chi connectivity index (χ1v) is 9.50. The van der Waals surface area contributed by atoms with Crippen LogP contribution < -0.4 is 10.2 Å². The van der Waals surface area contributed by atoms with Gasteiger partial charge < -0.3 is 9.80 Å². The number of hydrogen-bond acceptors (Lipinski definition) is 4. The molecule has 3 aliphatic rings. The Morgan fingerprint density at radius 3 is 2.88 bits per heavy atom. The smallest absolute Gasteiger partial charge is 0.323 e. The Morgan fingerprint density at radius 1 is 1.15 bits per heavy atom. The van der Waals surface area contributed by atoms with Crippen LogP contribution in [0.15, 0.2) is 36.7 Å². The molecule has 0 bridgehead atoms. The van der Waals surface area contributed by atoms with Gasteiger partial charge in [0.15, 0.2) is 0 Å². The Kier molecular flexibility index (Phi) is 3.76. The van der Waals surface area contributed by atoms with Crippen molar-refractivity contribution in [3.05, 3.63) is 47.8 Å². The topological polar surface area (TPSA) is 61.4 Å². The van der Waals surface area contributed by atoms with E-state index in [9.17, 15) is 4.79 Å². The molecule has 6 nitrogen and oxygen atoms in total. The number of rotatable bonds is 2. The second-order valence-corrected chi connectivity index (χ2v) is 7.54. The number of nitrogens with zero attached hydrogens (tertiary/aromatic N) is 4. The van der Waals surface area contributed by atoms with Gasteiger partial charge in [0.25, 0.3) is 0 Å². The molecule has 2 aliphatic heterocycles. The fourth-order valence-electron chi connectivity index (χ4n) is 4.12. The predicted molar refractivity (Wildman–Crippen MR) is 100 cm³/mol. The van der Waals surface area contributed by atoms with Crippen LogP contribution in [0.2, 0.25) is 0 Å². The molecule has 1 saturated carbocycles. The van der Waals surface area contributed by atoms with Crippen molar-refractivity contribution >= 4 is 17.7 Å². The number of amides is 2. The van der Waals surface area contributed by atoms with Gasteiger partial charge in [-0.15, -0.1) is 0 Å². The summed E-state index contributed by atoms with van der Waals surface area (Å²) in [5.41, 5.74) is 2.39. The number of hydrogen-bond donors (Lipinski definition) is 1. The Bertz CT molecular complexity index is 817. The monoisotopic (exact) mass is 349 g/mol. The molecule has 2 aromatic rings. The van der Waals surface area contributed by atoms with E-state index < -0.39 is 0 Å². The molecule has 1 N–H and O–H groups in total. The fourth-order valence-corrected chi connectivity index (χ4v) is 4.12. The maximum atomic E-state index is 12.9. The first-order chi connectivity index (χ1) is 12.8. The van der Waals surface area contributed by atoms with Crippen molar-refractivity contribution in [1.29, 1.82) is 0 Å². The molecule has 0 unspecified atom stereocenters. The molecule has 2 amide bonds. The van der Waals surface area contributed by atoms with Crippen LogP contribution >= 0.6 is 0 Å². The second-order valence-electron chi connectivity index (χ2n) is 7.54. The fraction of sp³-hybridized carbons (Fsp3) is 0.450. The van der Waals surface area contributed by atoms with Gasteiger partial charge in [-0.05, 0) is 49.3 Å². The van der Waals surface area contributed by atoms with Crippen LogP contribution in [0.25, 0.3) is 0 Å². The van der Waals surface area contributed by atoms with Crippen molar-refractivity contribution in [2.24, 2.45) is 0 Å². The molecule has 26 heavy (non-hydrogen) atoms. The lowest BCUT2D eigenvalue weighted by Crippen LogP contribution is -2.42. The van der Waals surface area contributed by atoms with Crippen molar-refractivity contribution in [3.63, 3.8) is 0 Å². The summed E-state index contributed by atoms with van der Waals surface area (Å²) in [6.45, 7) is 2.33. The van der Waals surface area contributed by atoms with Gasteiger partial charge in [0.1, 0.15) is 11.6 Å². The summed E-state index contributed by atoms with van der Waals surface area (Å²) in [5.74, 6) is 2.34. The number of anilines is 2. The van der Waals surface area contributed by atoms with E-state index in [4.69, 9.17) is 0 Å². The van der Waals surface area contributed by atoms with E-state index >= 15 is 0 Å². The first-order valence-electron chi connectivity index (χ1n) is 9.50. The summed E-state index contributed by atoms with van der Waals surface area (Å²) in [4.78, 5) is 26.2. The zero-order valence-corrected chi connectivity index (χ0v) is 14.8. The van der Waals surface area contributed by atoms with Gasteiger partial charge in [-0.2, -0.15) is 0 Å². The number of urea groups is 1. The third-order valence-corrected chi connectivity index (χ3v) is 5.67. The Morgan fingerprint density at radius 2 is 2.08 bits per heavy atom. The summed E-state index contributed by atoms with van der Waals surface area (Å²) in [7, 11) is 0. The van der Waals surface area contributed by atoms with Crippen molar-refractivity contribution < 1.29 is 4.79 Å². The first kappa shape index (κ1) is 15.6. The minimum absolute atomic E-state index is 0.0831. The average molecular weight is 349 g/mol. The second kappa shape index (κ2) is 6.27. The van der Waals surface area contributed by atoms with E-state index in [1.807, 2.05) is 29.4 Å². The predicted octanol–water partition coefficient (Wildman–Crippen LogP) is 3.37. The lowest BCUT2D eigenvalue weighted by Gasteiger charge is -2.26. The molecule has 0 spiro atoms. The maximum Gasteiger partial charge on any atom is 0.323 e. The Hall–Kier alpha value is -2.63. The molecular weight excluding hydrogens is 326 g/mol. The third-order valence-electron chi connectivity index (χ3n) is 5.67. The van der Waals surface area contributed by atoms with Crippen LogP contribution in [0.3, 0.4) is 0 Å². The number of pyridine rings is 2. The van der Waals surface area contributed by atoms with Gasteiger partial charge in [-0.25, -0.2) is 14.8 Å². The van der Waals surface area contributed by atoms with Crippen molar-refractivity contribution in [3.8, 4) is 0 Å². The van der Waals surface area contributed by atoms with E-state index in [2.05, 4.69) is 32.3 Å². The van der Waals surface area contributed by atoms with Crippen molar-refractivity contribution in [2.75, 3.05) is 23.3 Å². The highest BCUT2D eigenvalue weighted by atomic mass is 16.2. The summed E-state index contributed by atoms with van der Waals surface area (Å²) in [6, 6.07) is 8.29. The normalized spacial score (nSPS) is 21.8. The van der Waals surface area contributed by atoms with Gasteiger partial charge in [0.05, 0.1) is 6.54 Å². The van der Waals surface area contributed by atoms with Gasteiger partial charge in [0, 0.05) is 37.1 Å². The van der Waals surface area contributed by atoms with Gasteiger partial charge in [-0.1, -0.05) is 12.1 Å². The van der Waals surface area contributed by atoms with E-state index in [0.717, 1.165) is 37.3 Å². The zero-order valence-electron chi connectivity index (χ0n) is 14.8. The van der Waals surface area contributed by atoms with Crippen LogP contribution in [-0.4, -0.2) is 40.0 Å². The molecule has 1 atom stereocenters. The molecule has 6 heteroatoms. The Labute approximate surface area is 153 Å². The minimum atomic E-state index is -0.0831. The van der Waals surface area contributed by atoms with E-state index in [-0.39, 0.29) is 6.03 Å². The number of carbonyl (C=O) groups is 1.